The van der Waals surface area contributed by atoms with Crippen molar-refractivity contribution in [3.05, 3.63) is 23.8 Å². The van der Waals surface area contributed by atoms with Gasteiger partial charge in [-0.3, -0.25) is 0 Å². The van der Waals surface area contributed by atoms with Crippen molar-refractivity contribution in [1.82, 2.24) is 0 Å². The second kappa shape index (κ2) is 7.55. The van der Waals surface area contributed by atoms with Crippen LogP contribution in [0.1, 0.15) is 33.1 Å². The third-order valence-corrected chi connectivity index (χ3v) is 1.55. The molecule has 0 aliphatic carbocycles. The first-order valence-corrected chi connectivity index (χ1v) is 4.32. The minimum atomic E-state index is 0.692. The molecule has 0 aromatic rings. The maximum Gasteiger partial charge on any atom is 0.0134 e. The molecule has 0 amide bonds. The Balaban J connectivity index is 3.33. The fourth-order valence-corrected chi connectivity index (χ4v) is 0.794. The Hall–Kier alpha value is -0.560. The van der Waals surface area contributed by atoms with Crippen LogP contribution < -0.4 is 5.73 Å². The Labute approximate surface area is 70.0 Å². The molecule has 64 valence electrons. The Morgan fingerprint density at radius 3 is 2.55 bits per heavy atom. The van der Waals surface area contributed by atoms with Crippen LogP contribution in [0.25, 0.3) is 0 Å². The van der Waals surface area contributed by atoms with Crippen molar-refractivity contribution in [2.75, 3.05) is 6.54 Å². The van der Waals surface area contributed by atoms with Gasteiger partial charge in [0.05, 0.1) is 0 Å². The lowest BCUT2D eigenvalue weighted by Crippen LogP contribution is -1.99. The number of nitrogens with two attached hydrogens (primary N) is 1. The molecule has 0 aliphatic heterocycles. The lowest BCUT2D eigenvalue weighted by Gasteiger charge is -1.92. The monoisotopic (exact) mass is 153 g/mol. The average Bonchev–Trinajstić information content (AvgIpc) is 2.04. The molecule has 0 aliphatic rings. The highest BCUT2D eigenvalue weighted by Gasteiger charge is 1.81. The molecule has 0 heterocycles. The molecular weight excluding hydrogens is 134 g/mol. The molecule has 0 aromatic carbocycles. The molecule has 0 rings (SSSR count). The highest BCUT2D eigenvalue weighted by atomic mass is 14.5. The van der Waals surface area contributed by atoms with Crippen molar-refractivity contribution in [1.29, 1.82) is 0 Å². The van der Waals surface area contributed by atoms with E-state index in [4.69, 9.17) is 5.73 Å². The Morgan fingerprint density at radius 2 is 2.00 bits per heavy atom. The van der Waals surface area contributed by atoms with Crippen molar-refractivity contribution in [2.45, 2.75) is 33.1 Å². The molecule has 2 N–H and O–H groups in total. The molecule has 0 saturated heterocycles. The summed E-state index contributed by atoms with van der Waals surface area (Å²) >= 11 is 0. The van der Waals surface area contributed by atoms with Crippen LogP contribution in [0.15, 0.2) is 23.8 Å². The number of allylic oxidation sites excluding steroid dienone is 3. The Kier molecular flexibility index (Phi) is 7.16. The van der Waals surface area contributed by atoms with Crippen molar-refractivity contribution in [3.8, 4) is 0 Å². The van der Waals surface area contributed by atoms with Crippen molar-refractivity contribution in [2.24, 2.45) is 5.73 Å². The SMILES string of the molecule is CCC=CCCC=C(C)CN. The number of hydrogen-bond acceptors (Lipinski definition) is 1. The molecular formula is C10H19N. The van der Waals surface area contributed by atoms with E-state index in [0.29, 0.717) is 6.54 Å². The summed E-state index contributed by atoms with van der Waals surface area (Å²) < 4.78 is 0. The quantitative estimate of drug-likeness (QED) is 0.477. The fraction of sp³-hybridized carbons (Fsp3) is 0.600. The molecule has 0 unspecified atom stereocenters. The van der Waals surface area contributed by atoms with E-state index in [1.165, 1.54) is 5.57 Å². The third-order valence-electron chi connectivity index (χ3n) is 1.55. The van der Waals surface area contributed by atoms with E-state index in [-0.39, 0.29) is 0 Å². The van der Waals surface area contributed by atoms with E-state index in [1.54, 1.807) is 0 Å². The van der Waals surface area contributed by atoms with Gasteiger partial charge in [0, 0.05) is 6.54 Å². The van der Waals surface area contributed by atoms with E-state index >= 15 is 0 Å². The van der Waals surface area contributed by atoms with Crippen molar-refractivity contribution < 1.29 is 0 Å². The molecule has 1 heteroatoms. The van der Waals surface area contributed by atoms with E-state index in [9.17, 15) is 0 Å². The zero-order valence-electron chi connectivity index (χ0n) is 7.64. The predicted molar refractivity (Wildman–Crippen MR) is 51.5 cm³/mol. The highest BCUT2D eigenvalue weighted by Crippen LogP contribution is 1.97. The summed E-state index contributed by atoms with van der Waals surface area (Å²) in [4.78, 5) is 0. The largest absolute Gasteiger partial charge is 0.327 e. The van der Waals surface area contributed by atoms with Gasteiger partial charge < -0.3 is 5.73 Å². The fourth-order valence-electron chi connectivity index (χ4n) is 0.794. The maximum absolute atomic E-state index is 5.43. The molecule has 0 saturated carbocycles. The van der Waals surface area contributed by atoms with Crippen LogP contribution in [0.5, 0.6) is 0 Å². The standard InChI is InChI=1S/C10H19N/c1-3-4-5-6-7-8-10(2)9-11/h4-5,8H,3,6-7,9,11H2,1-2H3. The summed E-state index contributed by atoms with van der Waals surface area (Å²) in [5.41, 5.74) is 6.71. The van der Waals surface area contributed by atoms with Gasteiger partial charge in [0.15, 0.2) is 0 Å². The van der Waals surface area contributed by atoms with Gasteiger partial charge in [-0.1, -0.05) is 30.7 Å². The first kappa shape index (κ1) is 10.4. The van der Waals surface area contributed by atoms with Gasteiger partial charge >= 0.3 is 0 Å². The summed E-state index contributed by atoms with van der Waals surface area (Å²) in [5.74, 6) is 0. The molecule has 0 aromatic heterocycles. The lowest BCUT2D eigenvalue weighted by atomic mass is 10.2. The van der Waals surface area contributed by atoms with Crippen LogP contribution in [0.3, 0.4) is 0 Å². The summed E-state index contributed by atoms with van der Waals surface area (Å²) in [6.07, 6.45) is 10.0. The first-order valence-electron chi connectivity index (χ1n) is 4.32. The zero-order valence-corrected chi connectivity index (χ0v) is 7.64. The van der Waals surface area contributed by atoms with Gasteiger partial charge in [0.2, 0.25) is 0 Å². The second-order valence-electron chi connectivity index (χ2n) is 2.71. The number of hydrogen-bond donors (Lipinski definition) is 1. The minimum Gasteiger partial charge on any atom is -0.327 e. The van der Waals surface area contributed by atoms with Gasteiger partial charge in [-0.15, -0.1) is 0 Å². The van der Waals surface area contributed by atoms with Gasteiger partial charge in [-0.25, -0.2) is 0 Å². The van der Waals surface area contributed by atoms with Crippen LogP contribution in [0, 0.1) is 0 Å². The van der Waals surface area contributed by atoms with Crippen LogP contribution in [0.4, 0.5) is 0 Å². The lowest BCUT2D eigenvalue weighted by molar-refractivity contribution is 1.00. The zero-order chi connectivity index (χ0) is 8.53. The second-order valence-corrected chi connectivity index (χ2v) is 2.71. The number of unbranched alkanes of at least 4 members (excludes halogenated alkanes) is 1. The summed E-state index contributed by atoms with van der Waals surface area (Å²) in [5, 5.41) is 0. The molecule has 0 radical (unpaired) electrons. The molecule has 0 spiro atoms. The molecule has 1 nitrogen and oxygen atoms in total. The normalized spacial score (nSPS) is 12.8. The average molecular weight is 153 g/mol. The Morgan fingerprint density at radius 1 is 1.27 bits per heavy atom. The van der Waals surface area contributed by atoms with E-state index in [1.807, 2.05) is 0 Å². The van der Waals surface area contributed by atoms with Crippen molar-refractivity contribution >= 4 is 0 Å². The van der Waals surface area contributed by atoms with Gasteiger partial charge in [0.1, 0.15) is 0 Å². The van der Waals surface area contributed by atoms with Crippen molar-refractivity contribution in [3.63, 3.8) is 0 Å². The third kappa shape index (κ3) is 7.34. The smallest absolute Gasteiger partial charge is 0.0134 e. The molecule has 0 bridgehead atoms. The van der Waals surface area contributed by atoms with Gasteiger partial charge in [-0.05, 0) is 26.2 Å². The van der Waals surface area contributed by atoms with Gasteiger partial charge in [-0.2, -0.15) is 0 Å². The molecule has 0 fully saturated rings. The molecule has 11 heavy (non-hydrogen) atoms. The van der Waals surface area contributed by atoms with Gasteiger partial charge in [0.25, 0.3) is 0 Å². The van der Waals surface area contributed by atoms with Crippen LogP contribution in [-0.4, -0.2) is 6.54 Å². The van der Waals surface area contributed by atoms with E-state index in [2.05, 4.69) is 32.1 Å². The highest BCUT2D eigenvalue weighted by molar-refractivity contribution is 5.00. The van der Waals surface area contributed by atoms with Crippen LogP contribution in [-0.2, 0) is 0 Å². The predicted octanol–water partition coefficient (Wildman–Crippen LogP) is 2.64. The minimum absolute atomic E-state index is 0.692. The van der Waals surface area contributed by atoms with E-state index in [0.717, 1.165) is 19.3 Å². The van der Waals surface area contributed by atoms with E-state index < -0.39 is 0 Å². The summed E-state index contributed by atoms with van der Waals surface area (Å²) in [6, 6.07) is 0. The first-order chi connectivity index (χ1) is 5.31. The summed E-state index contributed by atoms with van der Waals surface area (Å²) in [7, 11) is 0. The molecule has 0 atom stereocenters. The Bertz CT molecular complexity index is 134. The maximum atomic E-state index is 5.43. The van der Waals surface area contributed by atoms with Crippen LogP contribution in [0.2, 0.25) is 0 Å². The topological polar surface area (TPSA) is 26.0 Å². The van der Waals surface area contributed by atoms with Crippen LogP contribution >= 0.6 is 0 Å². The number of rotatable bonds is 5. The summed E-state index contributed by atoms with van der Waals surface area (Å²) in [6.45, 7) is 4.92.